The van der Waals surface area contributed by atoms with Crippen LogP contribution in [0.2, 0.25) is 0 Å². The summed E-state index contributed by atoms with van der Waals surface area (Å²) in [5.74, 6) is 0.152. The normalized spacial score (nSPS) is 15.6. The molecule has 2 N–H and O–H groups in total. The first-order chi connectivity index (χ1) is 9.56. The first-order valence-corrected chi connectivity index (χ1v) is 7.77. The highest BCUT2D eigenvalue weighted by molar-refractivity contribution is 5.92. The number of amides is 1. The molecule has 1 aromatic rings. The highest BCUT2D eigenvalue weighted by atomic mass is 16.1. The van der Waals surface area contributed by atoms with E-state index in [0.717, 1.165) is 29.8 Å². The van der Waals surface area contributed by atoms with Gasteiger partial charge in [0.2, 0.25) is 5.91 Å². The molecule has 0 bridgehead atoms. The number of aryl methyl sites for hydroxylation is 3. The Kier molecular flexibility index (Phi) is 5.18. The lowest BCUT2D eigenvalue weighted by atomic mass is 10.0. The van der Waals surface area contributed by atoms with Crippen LogP contribution in [0, 0.1) is 20.8 Å². The lowest BCUT2D eigenvalue weighted by Crippen LogP contribution is -3.10. The van der Waals surface area contributed by atoms with Crippen LogP contribution in [0.25, 0.3) is 0 Å². The van der Waals surface area contributed by atoms with Crippen LogP contribution in [0.1, 0.15) is 42.4 Å². The van der Waals surface area contributed by atoms with E-state index >= 15 is 0 Å². The Hall–Kier alpha value is -1.35. The first-order valence-electron chi connectivity index (χ1n) is 7.77. The second-order valence-electron chi connectivity index (χ2n) is 6.13. The van der Waals surface area contributed by atoms with Crippen LogP contribution in [0.15, 0.2) is 12.1 Å². The molecule has 20 heavy (non-hydrogen) atoms. The molecule has 1 saturated heterocycles. The Labute approximate surface area is 122 Å². The Balaban J connectivity index is 1.82. The summed E-state index contributed by atoms with van der Waals surface area (Å²) < 4.78 is 0. The zero-order chi connectivity index (χ0) is 14.5. The summed E-state index contributed by atoms with van der Waals surface area (Å²) in [7, 11) is 0. The average Bonchev–Trinajstić information content (AvgIpc) is 2.87. The van der Waals surface area contributed by atoms with E-state index in [1.54, 1.807) is 4.90 Å². The number of likely N-dealkylation sites (tertiary alicyclic amines) is 1. The van der Waals surface area contributed by atoms with Crippen LogP contribution in [-0.4, -0.2) is 25.5 Å². The van der Waals surface area contributed by atoms with Crippen molar-refractivity contribution >= 4 is 11.6 Å². The monoisotopic (exact) mass is 275 g/mol. The van der Waals surface area contributed by atoms with Crippen LogP contribution in [0.3, 0.4) is 0 Å². The first kappa shape index (κ1) is 15.0. The molecule has 1 aliphatic rings. The number of hydrogen-bond donors (Lipinski definition) is 2. The molecule has 2 rings (SSSR count). The van der Waals surface area contributed by atoms with E-state index in [0.29, 0.717) is 6.42 Å². The van der Waals surface area contributed by atoms with E-state index in [1.165, 1.54) is 31.5 Å². The third-order valence-electron chi connectivity index (χ3n) is 4.19. The molecule has 0 spiro atoms. The van der Waals surface area contributed by atoms with Gasteiger partial charge in [-0.25, -0.2) is 0 Å². The maximum Gasteiger partial charge on any atom is 0.224 e. The quantitative estimate of drug-likeness (QED) is 0.847. The topological polar surface area (TPSA) is 33.5 Å². The Morgan fingerprint density at radius 2 is 1.75 bits per heavy atom. The fourth-order valence-corrected chi connectivity index (χ4v) is 3.20. The van der Waals surface area contributed by atoms with Gasteiger partial charge in [0.25, 0.3) is 0 Å². The number of benzene rings is 1. The summed E-state index contributed by atoms with van der Waals surface area (Å²) in [6.07, 6.45) is 4.33. The van der Waals surface area contributed by atoms with Crippen molar-refractivity contribution in [3.63, 3.8) is 0 Å². The third-order valence-corrected chi connectivity index (χ3v) is 4.19. The predicted molar refractivity (Wildman–Crippen MR) is 83.3 cm³/mol. The van der Waals surface area contributed by atoms with Gasteiger partial charge in [0.1, 0.15) is 0 Å². The second-order valence-corrected chi connectivity index (χ2v) is 6.13. The van der Waals surface area contributed by atoms with Crippen LogP contribution in [0.4, 0.5) is 5.69 Å². The fraction of sp³-hybridized carbons (Fsp3) is 0.588. The van der Waals surface area contributed by atoms with Crippen LogP contribution in [0.5, 0.6) is 0 Å². The molecule has 3 heteroatoms. The summed E-state index contributed by atoms with van der Waals surface area (Å²) in [4.78, 5) is 13.7. The predicted octanol–water partition coefficient (Wildman–Crippen LogP) is 2.01. The molecule has 1 aliphatic heterocycles. The van der Waals surface area contributed by atoms with E-state index in [2.05, 4.69) is 38.2 Å². The number of anilines is 1. The molecule has 1 heterocycles. The maximum atomic E-state index is 12.1. The van der Waals surface area contributed by atoms with Gasteiger partial charge in [-0.1, -0.05) is 17.7 Å². The summed E-state index contributed by atoms with van der Waals surface area (Å²) in [5.41, 5.74) is 4.55. The minimum Gasteiger partial charge on any atom is -0.335 e. The molecule has 110 valence electrons. The number of hydrogen-bond acceptors (Lipinski definition) is 1. The molecule has 0 saturated carbocycles. The summed E-state index contributed by atoms with van der Waals surface area (Å²) >= 11 is 0. The van der Waals surface area contributed by atoms with Crippen LogP contribution in [-0.2, 0) is 4.79 Å². The standard InChI is InChI=1S/C17H26N2O/c1-13-11-14(2)17(15(3)12-13)18-16(20)7-6-10-19-8-4-5-9-19/h11-12H,4-10H2,1-3H3,(H,18,20)/p+1. The molecule has 1 aromatic carbocycles. The van der Waals surface area contributed by atoms with Crippen molar-refractivity contribution in [3.8, 4) is 0 Å². The Bertz CT molecular complexity index is 453. The van der Waals surface area contributed by atoms with E-state index in [1.807, 2.05) is 0 Å². The molecule has 1 fully saturated rings. The average molecular weight is 275 g/mol. The zero-order valence-corrected chi connectivity index (χ0v) is 13.0. The van der Waals surface area contributed by atoms with Gasteiger partial charge in [-0.15, -0.1) is 0 Å². The van der Waals surface area contributed by atoms with Crippen LogP contribution >= 0.6 is 0 Å². The molecule has 0 aliphatic carbocycles. The summed E-state index contributed by atoms with van der Waals surface area (Å²) in [6.45, 7) is 9.92. The lowest BCUT2D eigenvalue weighted by Gasteiger charge is -2.14. The Morgan fingerprint density at radius 1 is 1.15 bits per heavy atom. The van der Waals surface area contributed by atoms with Gasteiger partial charge in [0.15, 0.2) is 0 Å². The van der Waals surface area contributed by atoms with Crippen molar-refractivity contribution in [2.24, 2.45) is 0 Å². The molecular weight excluding hydrogens is 248 g/mol. The minimum absolute atomic E-state index is 0.152. The molecular formula is C17H27N2O+. The molecule has 0 aromatic heterocycles. The number of quaternary nitrogens is 1. The van der Waals surface area contributed by atoms with Gasteiger partial charge in [0, 0.05) is 31.4 Å². The highest BCUT2D eigenvalue weighted by Gasteiger charge is 2.15. The van der Waals surface area contributed by atoms with E-state index in [9.17, 15) is 4.79 Å². The number of nitrogens with one attached hydrogen (secondary N) is 2. The van der Waals surface area contributed by atoms with E-state index in [-0.39, 0.29) is 5.91 Å². The van der Waals surface area contributed by atoms with Crippen molar-refractivity contribution in [1.82, 2.24) is 0 Å². The van der Waals surface area contributed by atoms with Crippen molar-refractivity contribution in [3.05, 3.63) is 28.8 Å². The zero-order valence-electron chi connectivity index (χ0n) is 13.0. The SMILES string of the molecule is Cc1cc(C)c(NC(=O)CCC[NH+]2CCCC2)c(C)c1. The van der Waals surface area contributed by atoms with Gasteiger partial charge in [-0.2, -0.15) is 0 Å². The lowest BCUT2D eigenvalue weighted by molar-refractivity contribution is -0.887. The minimum atomic E-state index is 0.152. The van der Waals surface area contributed by atoms with Gasteiger partial charge < -0.3 is 10.2 Å². The highest BCUT2D eigenvalue weighted by Crippen LogP contribution is 2.22. The summed E-state index contributed by atoms with van der Waals surface area (Å²) in [6, 6.07) is 4.24. The number of carbonyl (C=O) groups is 1. The molecule has 1 amide bonds. The van der Waals surface area contributed by atoms with E-state index in [4.69, 9.17) is 0 Å². The number of carbonyl (C=O) groups excluding carboxylic acids is 1. The molecule has 3 nitrogen and oxygen atoms in total. The van der Waals surface area contributed by atoms with Crippen molar-refractivity contribution < 1.29 is 9.69 Å². The molecule has 0 atom stereocenters. The van der Waals surface area contributed by atoms with Gasteiger partial charge in [-0.3, -0.25) is 4.79 Å². The van der Waals surface area contributed by atoms with Gasteiger partial charge in [-0.05, 0) is 31.9 Å². The largest absolute Gasteiger partial charge is 0.335 e. The third kappa shape index (κ3) is 4.07. The molecule has 0 unspecified atom stereocenters. The Morgan fingerprint density at radius 3 is 2.35 bits per heavy atom. The van der Waals surface area contributed by atoms with Crippen molar-refractivity contribution in [2.75, 3.05) is 25.0 Å². The fourth-order valence-electron chi connectivity index (χ4n) is 3.20. The van der Waals surface area contributed by atoms with Gasteiger partial charge >= 0.3 is 0 Å². The maximum absolute atomic E-state index is 12.1. The number of rotatable bonds is 5. The van der Waals surface area contributed by atoms with Crippen molar-refractivity contribution in [2.45, 2.75) is 46.5 Å². The second kappa shape index (κ2) is 6.89. The smallest absolute Gasteiger partial charge is 0.224 e. The summed E-state index contributed by atoms with van der Waals surface area (Å²) in [5, 5.41) is 3.08. The van der Waals surface area contributed by atoms with E-state index < -0.39 is 0 Å². The van der Waals surface area contributed by atoms with Crippen molar-refractivity contribution in [1.29, 1.82) is 0 Å². The van der Waals surface area contributed by atoms with Crippen LogP contribution < -0.4 is 10.2 Å². The van der Waals surface area contributed by atoms with Gasteiger partial charge in [0.05, 0.1) is 19.6 Å². The molecule has 0 radical (unpaired) electrons.